The first-order chi connectivity index (χ1) is 10.2. The van der Waals surface area contributed by atoms with Crippen LogP contribution < -0.4 is 5.32 Å². The Morgan fingerprint density at radius 3 is 2.52 bits per heavy atom. The van der Waals surface area contributed by atoms with Gasteiger partial charge in [0.25, 0.3) is 0 Å². The normalized spacial score (nSPS) is 18.0. The van der Waals surface area contributed by atoms with Crippen molar-refractivity contribution in [2.24, 2.45) is 0 Å². The predicted octanol–water partition coefficient (Wildman–Crippen LogP) is 3.78. The van der Waals surface area contributed by atoms with Gasteiger partial charge in [0.05, 0.1) is 6.04 Å². The molecule has 4 heteroatoms. The highest BCUT2D eigenvalue weighted by Crippen LogP contribution is 2.29. The van der Waals surface area contributed by atoms with E-state index in [2.05, 4.69) is 16.3 Å². The number of carbonyl (C=O) groups excluding carboxylic acids is 1. The fourth-order valence-electron chi connectivity index (χ4n) is 2.92. The topological polar surface area (TPSA) is 32.3 Å². The van der Waals surface area contributed by atoms with Gasteiger partial charge in [-0.3, -0.25) is 9.69 Å². The number of nitrogens with zero attached hydrogens (tertiary/aromatic N) is 1. The van der Waals surface area contributed by atoms with E-state index in [1.807, 2.05) is 25.1 Å². The summed E-state index contributed by atoms with van der Waals surface area (Å²) >= 11 is 6.39. The van der Waals surface area contributed by atoms with Crippen LogP contribution in [0.4, 0.5) is 0 Å². The minimum Gasteiger partial charge on any atom is -0.354 e. The first-order valence-electron chi connectivity index (χ1n) is 7.97. The summed E-state index contributed by atoms with van der Waals surface area (Å²) < 4.78 is 0. The molecule has 1 N–H and O–H groups in total. The van der Waals surface area contributed by atoms with Crippen LogP contribution in [0.2, 0.25) is 5.02 Å². The Labute approximate surface area is 132 Å². The lowest BCUT2D eigenvalue weighted by Crippen LogP contribution is -2.38. The Balaban J connectivity index is 2.16. The number of hydrogen-bond donors (Lipinski definition) is 1. The maximum atomic E-state index is 11.6. The molecule has 0 unspecified atom stereocenters. The third kappa shape index (κ3) is 4.72. The number of carbonyl (C=O) groups is 1. The molecule has 21 heavy (non-hydrogen) atoms. The van der Waals surface area contributed by atoms with Crippen molar-refractivity contribution in [1.29, 1.82) is 0 Å². The molecular weight excluding hydrogens is 284 g/mol. The maximum Gasteiger partial charge on any atom is 0.219 e. The van der Waals surface area contributed by atoms with Crippen LogP contribution in [0.5, 0.6) is 0 Å². The first kappa shape index (κ1) is 16.3. The Morgan fingerprint density at radius 2 is 1.90 bits per heavy atom. The van der Waals surface area contributed by atoms with Gasteiger partial charge in [-0.25, -0.2) is 0 Å². The second-order valence-corrected chi connectivity index (χ2v) is 6.05. The van der Waals surface area contributed by atoms with Gasteiger partial charge in [-0.05, 0) is 37.6 Å². The summed E-state index contributed by atoms with van der Waals surface area (Å²) in [5.41, 5.74) is 1.12. The fraction of sp³-hybridized carbons (Fsp3) is 0.588. The van der Waals surface area contributed by atoms with E-state index in [1.165, 1.54) is 25.7 Å². The molecule has 1 aliphatic rings. The SMILES string of the molecule is CCC(=O)NC[C@H](c1ccccc1Cl)N1CCCCCC1. The molecule has 3 nitrogen and oxygen atoms in total. The van der Waals surface area contributed by atoms with Crippen LogP contribution in [0.15, 0.2) is 24.3 Å². The molecule has 116 valence electrons. The van der Waals surface area contributed by atoms with Crippen molar-refractivity contribution in [3.05, 3.63) is 34.9 Å². The van der Waals surface area contributed by atoms with Gasteiger partial charge in [0.15, 0.2) is 0 Å². The Morgan fingerprint density at radius 1 is 1.24 bits per heavy atom. The zero-order valence-corrected chi connectivity index (χ0v) is 13.5. The number of benzene rings is 1. The van der Waals surface area contributed by atoms with E-state index in [-0.39, 0.29) is 11.9 Å². The summed E-state index contributed by atoms with van der Waals surface area (Å²) in [4.78, 5) is 14.1. The largest absolute Gasteiger partial charge is 0.354 e. The molecule has 1 amide bonds. The van der Waals surface area contributed by atoms with E-state index in [9.17, 15) is 4.79 Å². The number of halogens is 1. The lowest BCUT2D eigenvalue weighted by molar-refractivity contribution is -0.121. The van der Waals surface area contributed by atoms with Gasteiger partial charge in [0.2, 0.25) is 5.91 Å². The molecule has 0 aromatic heterocycles. The van der Waals surface area contributed by atoms with Crippen molar-refractivity contribution in [1.82, 2.24) is 10.2 Å². The van der Waals surface area contributed by atoms with Crippen LogP contribution in [0.3, 0.4) is 0 Å². The van der Waals surface area contributed by atoms with Gasteiger partial charge < -0.3 is 5.32 Å². The average molecular weight is 309 g/mol. The highest BCUT2D eigenvalue weighted by Gasteiger charge is 2.23. The van der Waals surface area contributed by atoms with Crippen molar-refractivity contribution < 1.29 is 4.79 Å². The molecule has 1 saturated heterocycles. The fourth-order valence-corrected chi connectivity index (χ4v) is 3.19. The van der Waals surface area contributed by atoms with Crippen molar-refractivity contribution >= 4 is 17.5 Å². The Bertz CT molecular complexity index is 456. The van der Waals surface area contributed by atoms with Crippen LogP contribution >= 0.6 is 11.6 Å². The standard InChI is InChI=1S/C17H25ClN2O/c1-2-17(21)19-13-16(14-9-5-6-10-15(14)18)20-11-7-3-4-8-12-20/h5-6,9-10,16H,2-4,7-8,11-13H2,1H3,(H,19,21)/t16-/m1/s1. The Kier molecular flexibility index (Phi) is 6.52. The highest BCUT2D eigenvalue weighted by molar-refractivity contribution is 6.31. The van der Waals surface area contributed by atoms with Crippen molar-refractivity contribution in [3.8, 4) is 0 Å². The second kappa shape index (κ2) is 8.40. The highest BCUT2D eigenvalue weighted by atomic mass is 35.5. The van der Waals surface area contributed by atoms with E-state index in [0.29, 0.717) is 13.0 Å². The smallest absolute Gasteiger partial charge is 0.219 e. The molecule has 0 radical (unpaired) electrons. The van der Waals surface area contributed by atoms with E-state index >= 15 is 0 Å². The zero-order valence-electron chi connectivity index (χ0n) is 12.8. The summed E-state index contributed by atoms with van der Waals surface area (Å²) in [7, 11) is 0. The van der Waals surface area contributed by atoms with Gasteiger partial charge in [-0.1, -0.05) is 49.6 Å². The van der Waals surface area contributed by atoms with Crippen LogP contribution in [-0.4, -0.2) is 30.4 Å². The molecule has 1 atom stereocenters. The van der Waals surface area contributed by atoms with Crippen molar-refractivity contribution in [2.45, 2.75) is 45.1 Å². The predicted molar refractivity (Wildman–Crippen MR) is 87.5 cm³/mol. The molecule has 0 spiro atoms. The summed E-state index contributed by atoms with van der Waals surface area (Å²) in [6.07, 6.45) is 5.57. The van der Waals surface area contributed by atoms with Gasteiger partial charge in [0, 0.05) is 18.0 Å². The van der Waals surface area contributed by atoms with Crippen LogP contribution in [0.25, 0.3) is 0 Å². The lowest BCUT2D eigenvalue weighted by atomic mass is 10.0. The Hall–Kier alpha value is -1.06. The second-order valence-electron chi connectivity index (χ2n) is 5.65. The molecule has 1 heterocycles. The molecule has 0 bridgehead atoms. The first-order valence-corrected chi connectivity index (χ1v) is 8.35. The van der Waals surface area contributed by atoms with Crippen LogP contribution in [-0.2, 0) is 4.79 Å². The zero-order chi connectivity index (χ0) is 15.1. The van der Waals surface area contributed by atoms with Crippen molar-refractivity contribution in [3.63, 3.8) is 0 Å². The summed E-state index contributed by atoms with van der Waals surface area (Å²) in [5, 5.41) is 3.83. The minimum absolute atomic E-state index is 0.0990. The van der Waals surface area contributed by atoms with Crippen LogP contribution in [0.1, 0.15) is 50.6 Å². The average Bonchev–Trinajstić information content (AvgIpc) is 2.78. The quantitative estimate of drug-likeness (QED) is 0.897. The van der Waals surface area contributed by atoms with Gasteiger partial charge in [0.1, 0.15) is 0 Å². The molecule has 2 rings (SSSR count). The summed E-state index contributed by atoms with van der Waals surface area (Å²) in [6, 6.07) is 8.16. The van der Waals surface area contributed by atoms with Crippen LogP contribution in [0, 0.1) is 0 Å². The molecule has 1 fully saturated rings. The number of likely N-dealkylation sites (tertiary alicyclic amines) is 1. The monoisotopic (exact) mass is 308 g/mol. The van der Waals surface area contributed by atoms with E-state index in [0.717, 1.165) is 23.7 Å². The number of amides is 1. The van der Waals surface area contributed by atoms with Gasteiger partial charge in [-0.2, -0.15) is 0 Å². The molecule has 1 aliphatic heterocycles. The third-order valence-corrected chi connectivity index (χ3v) is 4.50. The maximum absolute atomic E-state index is 11.6. The molecule has 1 aromatic carbocycles. The van der Waals surface area contributed by atoms with E-state index in [1.54, 1.807) is 0 Å². The molecule has 0 aliphatic carbocycles. The molecule has 1 aromatic rings. The van der Waals surface area contributed by atoms with E-state index in [4.69, 9.17) is 11.6 Å². The number of nitrogens with one attached hydrogen (secondary N) is 1. The van der Waals surface area contributed by atoms with Crippen molar-refractivity contribution in [2.75, 3.05) is 19.6 Å². The minimum atomic E-state index is 0.0990. The summed E-state index contributed by atoms with van der Waals surface area (Å²) in [6.45, 7) is 4.68. The third-order valence-electron chi connectivity index (χ3n) is 4.16. The number of rotatable bonds is 5. The lowest BCUT2D eigenvalue weighted by Gasteiger charge is -2.31. The summed E-state index contributed by atoms with van der Waals surface area (Å²) in [5.74, 6) is 0.0990. The number of hydrogen-bond acceptors (Lipinski definition) is 2. The van der Waals surface area contributed by atoms with E-state index < -0.39 is 0 Å². The van der Waals surface area contributed by atoms with Gasteiger partial charge in [-0.15, -0.1) is 0 Å². The molecular formula is C17H25ClN2O. The molecule has 0 saturated carbocycles. The van der Waals surface area contributed by atoms with Gasteiger partial charge >= 0.3 is 0 Å².